The summed E-state index contributed by atoms with van der Waals surface area (Å²) in [5.41, 5.74) is 5.17. The number of rotatable bonds is 7. The smallest absolute Gasteiger partial charge is 0.407 e. The summed E-state index contributed by atoms with van der Waals surface area (Å²) >= 11 is 9.27. The zero-order valence-electron chi connectivity index (χ0n) is 17.2. The van der Waals surface area contributed by atoms with Gasteiger partial charge < -0.3 is 20.3 Å². The van der Waals surface area contributed by atoms with E-state index in [1.807, 2.05) is 24.3 Å². The first kappa shape index (κ1) is 22.8. The van der Waals surface area contributed by atoms with E-state index in [2.05, 4.69) is 45.5 Å². The van der Waals surface area contributed by atoms with Crippen molar-refractivity contribution >= 4 is 33.6 Å². The molecule has 3 N–H and O–H groups in total. The maximum Gasteiger partial charge on any atom is 0.407 e. The van der Waals surface area contributed by atoms with Gasteiger partial charge in [-0.3, -0.25) is 0 Å². The molecule has 1 amide bonds. The van der Waals surface area contributed by atoms with E-state index in [4.69, 9.17) is 16.3 Å². The van der Waals surface area contributed by atoms with Gasteiger partial charge in [0.25, 0.3) is 0 Å². The van der Waals surface area contributed by atoms with Crippen LogP contribution in [0.3, 0.4) is 0 Å². The van der Waals surface area contributed by atoms with Gasteiger partial charge in [-0.1, -0.05) is 66.2 Å². The Bertz CT molecular complexity index is 1080. The highest BCUT2D eigenvalue weighted by atomic mass is 79.9. The molecule has 0 radical (unpaired) electrons. The van der Waals surface area contributed by atoms with Crippen molar-refractivity contribution < 1.29 is 19.7 Å². The number of ether oxygens (including phenoxy) is 1. The van der Waals surface area contributed by atoms with Gasteiger partial charge in [0.1, 0.15) is 12.7 Å². The van der Waals surface area contributed by atoms with Gasteiger partial charge in [-0.05, 0) is 62.3 Å². The van der Waals surface area contributed by atoms with E-state index in [9.17, 15) is 15.0 Å². The summed E-state index contributed by atoms with van der Waals surface area (Å²) in [7, 11) is 0. The van der Waals surface area contributed by atoms with Gasteiger partial charge in [0.2, 0.25) is 0 Å². The molecule has 0 aliphatic heterocycles. The summed E-state index contributed by atoms with van der Waals surface area (Å²) in [4.78, 5) is 12.2. The lowest BCUT2D eigenvalue weighted by Crippen LogP contribution is -2.30. The number of hydrogen-bond donors (Lipinski definition) is 3. The number of carbonyl (C=O) groups is 1. The molecule has 0 spiro atoms. The van der Waals surface area contributed by atoms with Gasteiger partial charge in [-0.2, -0.15) is 0 Å². The number of hydrogen-bond acceptors (Lipinski definition) is 4. The lowest BCUT2D eigenvalue weighted by Gasteiger charge is -2.19. The van der Waals surface area contributed by atoms with E-state index >= 15 is 0 Å². The SMILES string of the molecule is O=C(NCCC(O)C(O)c1ccc(Cl)c(Br)c1)OCC1c2ccccc2-c2ccccc21. The van der Waals surface area contributed by atoms with Crippen LogP contribution in [0.2, 0.25) is 5.02 Å². The number of carbonyl (C=O) groups excluding carboxylic acids is 1. The Morgan fingerprint density at radius 1 is 1.03 bits per heavy atom. The number of nitrogens with one attached hydrogen (secondary N) is 1. The normalized spacial score (nSPS) is 14.4. The van der Waals surface area contributed by atoms with E-state index < -0.39 is 18.3 Å². The largest absolute Gasteiger partial charge is 0.449 e. The lowest BCUT2D eigenvalue weighted by molar-refractivity contribution is 0.0136. The molecule has 32 heavy (non-hydrogen) atoms. The second kappa shape index (κ2) is 10.0. The molecule has 166 valence electrons. The highest BCUT2D eigenvalue weighted by molar-refractivity contribution is 9.10. The zero-order valence-corrected chi connectivity index (χ0v) is 19.5. The van der Waals surface area contributed by atoms with Gasteiger partial charge in [0.15, 0.2) is 0 Å². The Labute approximate surface area is 200 Å². The molecule has 4 rings (SSSR count). The van der Waals surface area contributed by atoms with Crippen LogP contribution >= 0.6 is 27.5 Å². The van der Waals surface area contributed by atoms with E-state index in [0.717, 1.165) is 11.1 Å². The van der Waals surface area contributed by atoms with Crippen molar-refractivity contribution in [2.45, 2.75) is 24.5 Å². The minimum absolute atomic E-state index is 0.0103. The monoisotopic (exact) mass is 515 g/mol. The van der Waals surface area contributed by atoms with E-state index in [1.165, 1.54) is 11.1 Å². The summed E-state index contributed by atoms with van der Waals surface area (Å²) in [6, 6.07) is 21.2. The van der Waals surface area contributed by atoms with Crippen molar-refractivity contribution in [1.29, 1.82) is 0 Å². The summed E-state index contributed by atoms with van der Waals surface area (Å²) in [6.07, 6.45) is -2.52. The summed E-state index contributed by atoms with van der Waals surface area (Å²) in [6.45, 7) is 0.396. The molecule has 2 atom stereocenters. The summed E-state index contributed by atoms with van der Waals surface area (Å²) in [5, 5.41) is 23.8. The summed E-state index contributed by atoms with van der Waals surface area (Å²) < 4.78 is 6.12. The molecule has 1 aliphatic rings. The van der Waals surface area contributed by atoms with Crippen LogP contribution in [-0.2, 0) is 4.74 Å². The molecule has 0 saturated carbocycles. The first-order chi connectivity index (χ1) is 15.5. The number of fused-ring (bicyclic) bond motifs is 3. The third-order valence-corrected chi connectivity index (χ3v) is 6.92. The maximum atomic E-state index is 12.2. The molecule has 0 bridgehead atoms. The molecule has 0 fully saturated rings. The molecule has 1 aliphatic carbocycles. The van der Waals surface area contributed by atoms with Gasteiger partial charge >= 0.3 is 6.09 Å². The fourth-order valence-electron chi connectivity index (χ4n) is 4.05. The average Bonchev–Trinajstić information content (AvgIpc) is 3.12. The molecular formula is C25H23BrClNO4. The van der Waals surface area contributed by atoms with Crippen molar-refractivity contribution in [3.63, 3.8) is 0 Å². The summed E-state index contributed by atoms with van der Waals surface area (Å²) in [5.74, 6) is -0.0103. The number of aliphatic hydroxyl groups excluding tert-OH is 2. The van der Waals surface area contributed by atoms with Crippen LogP contribution < -0.4 is 5.32 Å². The molecule has 3 aromatic rings. The maximum absolute atomic E-state index is 12.2. The van der Waals surface area contributed by atoms with Crippen LogP contribution in [0.15, 0.2) is 71.2 Å². The highest BCUT2D eigenvalue weighted by Crippen LogP contribution is 2.44. The second-order valence-corrected chi connectivity index (χ2v) is 8.99. The van der Waals surface area contributed by atoms with Crippen molar-refractivity contribution in [1.82, 2.24) is 5.32 Å². The van der Waals surface area contributed by atoms with Crippen molar-refractivity contribution in [2.24, 2.45) is 0 Å². The fourth-order valence-corrected chi connectivity index (χ4v) is 4.56. The zero-order chi connectivity index (χ0) is 22.7. The second-order valence-electron chi connectivity index (χ2n) is 7.73. The fraction of sp³-hybridized carbons (Fsp3) is 0.240. The molecule has 5 nitrogen and oxygen atoms in total. The van der Waals surface area contributed by atoms with Crippen LogP contribution in [0.25, 0.3) is 11.1 Å². The lowest BCUT2D eigenvalue weighted by atomic mass is 9.98. The number of benzene rings is 3. The third kappa shape index (κ3) is 4.84. The van der Waals surface area contributed by atoms with E-state index in [-0.39, 0.29) is 25.5 Å². The Balaban J connectivity index is 1.28. The minimum atomic E-state index is -1.09. The third-order valence-electron chi connectivity index (χ3n) is 5.70. The Morgan fingerprint density at radius 2 is 1.66 bits per heavy atom. The van der Waals surface area contributed by atoms with Crippen LogP contribution in [-0.4, -0.2) is 35.6 Å². The van der Waals surface area contributed by atoms with E-state index in [0.29, 0.717) is 15.1 Å². The first-order valence-corrected chi connectivity index (χ1v) is 11.5. The molecule has 0 saturated heterocycles. The Kier molecular flexibility index (Phi) is 7.16. The molecule has 7 heteroatoms. The van der Waals surface area contributed by atoms with Gasteiger partial charge in [0.05, 0.1) is 11.1 Å². The quantitative estimate of drug-likeness (QED) is 0.391. The Hall–Kier alpha value is -2.38. The topological polar surface area (TPSA) is 78.8 Å². The van der Waals surface area contributed by atoms with Gasteiger partial charge in [-0.25, -0.2) is 4.79 Å². The van der Waals surface area contributed by atoms with Crippen LogP contribution in [0.1, 0.15) is 35.1 Å². The van der Waals surface area contributed by atoms with Crippen LogP contribution in [0, 0.1) is 0 Å². The minimum Gasteiger partial charge on any atom is -0.449 e. The van der Waals surface area contributed by atoms with Gasteiger partial charge in [0, 0.05) is 16.9 Å². The highest BCUT2D eigenvalue weighted by Gasteiger charge is 2.29. The number of aliphatic hydroxyl groups is 2. The average molecular weight is 517 g/mol. The van der Waals surface area contributed by atoms with Crippen molar-refractivity contribution in [3.8, 4) is 11.1 Å². The standard InChI is InChI=1S/C25H23BrClNO4/c26-21-13-15(9-10-22(21)27)24(30)23(29)11-12-28-25(31)32-14-20-18-7-3-1-5-16(18)17-6-2-4-8-19(17)20/h1-10,13,20,23-24,29-30H,11-12,14H2,(H,28,31). The predicted molar refractivity (Wildman–Crippen MR) is 128 cm³/mol. The number of amides is 1. The van der Waals surface area contributed by atoms with Gasteiger partial charge in [-0.15, -0.1) is 0 Å². The number of alkyl carbamates (subject to hydrolysis) is 1. The molecule has 0 aromatic heterocycles. The van der Waals surface area contributed by atoms with Crippen LogP contribution in [0.4, 0.5) is 4.79 Å². The van der Waals surface area contributed by atoms with Crippen molar-refractivity contribution in [2.75, 3.05) is 13.2 Å². The van der Waals surface area contributed by atoms with Crippen molar-refractivity contribution in [3.05, 3.63) is 92.9 Å². The molecule has 2 unspecified atom stereocenters. The number of halogens is 2. The molecule has 0 heterocycles. The van der Waals surface area contributed by atoms with Crippen LogP contribution in [0.5, 0.6) is 0 Å². The first-order valence-electron chi connectivity index (χ1n) is 10.4. The molecule has 3 aromatic carbocycles. The Morgan fingerprint density at radius 3 is 2.28 bits per heavy atom. The van der Waals surface area contributed by atoms with E-state index in [1.54, 1.807) is 18.2 Å². The predicted octanol–water partition coefficient (Wildman–Crippen LogP) is 5.43. The molecular weight excluding hydrogens is 494 g/mol.